The van der Waals surface area contributed by atoms with Gasteiger partial charge in [-0.3, -0.25) is 4.57 Å². The minimum absolute atomic E-state index is 0.226. The predicted octanol–water partition coefficient (Wildman–Crippen LogP) is 2.37. The van der Waals surface area contributed by atoms with Gasteiger partial charge in [0.2, 0.25) is 11.2 Å². The van der Waals surface area contributed by atoms with Crippen LogP contribution in [0.1, 0.15) is 12.8 Å². The van der Waals surface area contributed by atoms with Crippen LogP contribution in [0.3, 0.4) is 0 Å². The molecule has 0 aromatic carbocycles. The molecule has 2 N–H and O–H groups in total. The second kappa shape index (κ2) is 7.23. The van der Waals surface area contributed by atoms with Crippen molar-refractivity contribution in [3.63, 3.8) is 0 Å². The molecule has 0 radical (unpaired) electrons. The number of imidazole rings is 1. The highest BCUT2D eigenvalue weighted by Gasteiger charge is 2.27. The van der Waals surface area contributed by atoms with Crippen LogP contribution in [-0.4, -0.2) is 55.8 Å². The van der Waals surface area contributed by atoms with Crippen LogP contribution in [-0.2, 0) is 11.3 Å². The Kier molecular flexibility index (Phi) is 4.71. The molecule has 146 valence electrons. The summed E-state index contributed by atoms with van der Waals surface area (Å²) in [4.78, 5) is 24.8. The van der Waals surface area contributed by atoms with Gasteiger partial charge in [0.05, 0.1) is 18.8 Å². The Balaban J connectivity index is 1.71. The van der Waals surface area contributed by atoms with Crippen molar-refractivity contribution in [2.45, 2.75) is 19.4 Å². The van der Waals surface area contributed by atoms with E-state index in [1.807, 2.05) is 4.57 Å². The van der Waals surface area contributed by atoms with Gasteiger partial charge >= 0.3 is 0 Å². The van der Waals surface area contributed by atoms with Crippen molar-refractivity contribution in [3.05, 3.63) is 15.2 Å². The van der Waals surface area contributed by atoms with Crippen LogP contribution in [0.25, 0.3) is 22.6 Å². The minimum atomic E-state index is 0.226. The number of nitrogens with two attached hydrogens (primary N) is 1. The quantitative estimate of drug-likeness (QED) is 0.322. The van der Waals surface area contributed by atoms with Gasteiger partial charge < -0.3 is 15.4 Å². The molecule has 5 rings (SSSR count). The second-order valence-corrected chi connectivity index (χ2v) is 8.37. The fourth-order valence-electron chi connectivity index (χ4n) is 3.32. The summed E-state index contributed by atoms with van der Waals surface area (Å²) in [5.41, 5.74) is 7.92. The maximum Gasteiger partial charge on any atom is 0.220 e. The molecule has 0 bridgehead atoms. The first-order valence-electron chi connectivity index (χ1n) is 9.15. The zero-order chi connectivity index (χ0) is 19.3. The lowest BCUT2D eigenvalue weighted by Crippen LogP contribution is -2.37. The van der Waals surface area contributed by atoms with Gasteiger partial charge in [-0.1, -0.05) is 0 Å². The zero-order valence-corrected chi connectivity index (χ0v) is 17.9. The third-order valence-electron chi connectivity index (χ3n) is 4.98. The highest BCUT2D eigenvalue weighted by molar-refractivity contribution is 14.1. The lowest BCUT2D eigenvalue weighted by molar-refractivity contribution is 0.122. The van der Waals surface area contributed by atoms with Gasteiger partial charge in [-0.25, -0.2) is 24.9 Å². The highest BCUT2D eigenvalue weighted by Crippen LogP contribution is 2.35. The van der Waals surface area contributed by atoms with E-state index in [1.54, 1.807) is 6.20 Å². The molecule has 1 saturated carbocycles. The molecule has 0 amide bonds. The molecule has 2 fully saturated rings. The molecule has 11 heteroatoms. The van der Waals surface area contributed by atoms with E-state index in [0.29, 0.717) is 33.9 Å². The normalized spacial score (nSPS) is 17.4. The number of morpholine rings is 1. The monoisotopic (exact) mass is 512 g/mol. The van der Waals surface area contributed by atoms with Gasteiger partial charge in [0.25, 0.3) is 0 Å². The Morgan fingerprint density at radius 1 is 1.18 bits per heavy atom. The van der Waals surface area contributed by atoms with E-state index in [4.69, 9.17) is 32.0 Å². The van der Waals surface area contributed by atoms with E-state index < -0.39 is 0 Å². The Hall–Kier alpha value is -1.79. The molecule has 3 aromatic rings. The molecule has 0 spiro atoms. The van der Waals surface area contributed by atoms with E-state index in [2.05, 4.69) is 42.4 Å². The van der Waals surface area contributed by atoms with E-state index in [-0.39, 0.29) is 5.95 Å². The summed E-state index contributed by atoms with van der Waals surface area (Å²) in [5, 5.41) is 0.450. The Morgan fingerprint density at radius 3 is 2.68 bits per heavy atom. The first-order valence-corrected chi connectivity index (χ1v) is 10.6. The molecular formula is C17H18ClIN8O. The van der Waals surface area contributed by atoms with Crippen LogP contribution in [0, 0.1) is 9.62 Å². The molecule has 1 saturated heterocycles. The van der Waals surface area contributed by atoms with Crippen molar-refractivity contribution >= 4 is 57.1 Å². The number of ether oxygens (including phenoxy) is 1. The van der Waals surface area contributed by atoms with Crippen LogP contribution >= 0.6 is 34.2 Å². The summed E-state index contributed by atoms with van der Waals surface area (Å²) in [6, 6.07) is 0. The van der Waals surface area contributed by atoms with E-state index in [0.717, 1.165) is 42.2 Å². The van der Waals surface area contributed by atoms with Gasteiger partial charge in [-0.2, -0.15) is 0 Å². The summed E-state index contributed by atoms with van der Waals surface area (Å²) < 4.78 is 8.20. The highest BCUT2D eigenvalue weighted by atomic mass is 127. The van der Waals surface area contributed by atoms with Gasteiger partial charge in [0.15, 0.2) is 22.8 Å². The van der Waals surface area contributed by atoms with Crippen molar-refractivity contribution < 1.29 is 4.74 Å². The number of fused-ring (bicyclic) bond motifs is 1. The van der Waals surface area contributed by atoms with Crippen molar-refractivity contribution in [3.8, 4) is 11.4 Å². The van der Waals surface area contributed by atoms with Crippen molar-refractivity contribution in [2.75, 3.05) is 36.9 Å². The van der Waals surface area contributed by atoms with Gasteiger partial charge in [-0.05, 0) is 53.0 Å². The standard InChI is InChI=1S/C17H18ClIN8O/c18-16-22-11-14(26-3-5-28-6-4-26)24-13(10-7-21-17(20)23-12(10)19)25-15(11)27(16)8-9-1-2-9/h7,9H,1-6,8H2,(H2,20,21,23). The number of halogens is 2. The second-order valence-electron chi connectivity index (χ2n) is 7.01. The third kappa shape index (κ3) is 3.37. The average molecular weight is 513 g/mol. The smallest absolute Gasteiger partial charge is 0.220 e. The number of rotatable bonds is 4. The summed E-state index contributed by atoms with van der Waals surface area (Å²) in [5.74, 6) is 2.18. The van der Waals surface area contributed by atoms with Crippen LogP contribution in [0.5, 0.6) is 0 Å². The Morgan fingerprint density at radius 2 is 1.96 bits per heavy atom. The zero-order valence-electron chi connectivity index (χ0n) is 15.0. The first kappa shape index (κ1) is 18.3. The number of nitrogens with zero attached hydrogens (tertiary/aromatic N) is 7. The fourth-order valence-corrected chi connectivity index (χ4v) is 4.18. The van der Waals surface area contributed by atoms with Crippen LogP contribution < -0.4 is 10.6 Å². The number of anilines is 2. The third-order valence-corrected chi connectivity index (χ3v) is 6.09. The number of hydrogen-bond acceptors (Lipinski definition) is 8. The van der Waals surface area contributed by atoms with Crippen molar-refractivity contribution in [2.24, 2.45) is 5.92 Å². The lowest BCUT2D eigenvalue weighted by atomic mass is 10.3. The van der Waals surface area contributed by atoms with E-state index in [9.17, 15) is 0 Å². The molecule has 2 aliphatic rings. The number of nitrogen functional groups attached to an aromatic ring is 1. The molecule has 1 aliphatic carbocycles. The molecule has 28 heavy (non-hydrogen) atoms. The summed E-state index contributed by atoms with van der Waals surface area (Å²) in [6.45, 7) is 3.62. The molecule has 9 nitrogen and oxygen atoms in total. The SMILES string of the molecule is Nc1ncc(-c2nc(N3CCOCC3)c3nc(Cl)n(CC4CC4)c3n2)c(I)n1. The maximum atomic E-state index is 6.50. The Labute approximate surface area is 179 Å². The molecule has 0 atom stereocenters. The summed E-state index contributed by atoms with van der Waals surface area (Å²) >= 11 is 8.63. The average Bonchev–Trinajstić information content (AvgIpc) is 3.46. The lowest BCUT2D eigenvalue weighted by Gasteiger charge is -2.28. The number of hydrogen-bond donors (Lipinski definition) is 1. The number of aromatic nitrogens is 6. The van der Waals surface area contributed by atoms with E-state index >= 15 is 0 Å². The van der Waals surface area contributed by atoms with Gasteiger partial charge in [0, 0.05) is 25.8 Å². The molecule has 3 aromatic heterocycles. The predicted molar refractivity (Wildman–Crippen MR) is 114 cm³/mol. The topological polar surface area (TPSA) is 108 Å². The minimum Gasteiger partial charge on any atom is -0.378 e. The summed E-state index contributed by atoms with van der Waals surface area (Å²) in [7, 11) is 0. The largest absolute Gasteiger partial charge is 0.378 e. The van der Waals surface area contributed by atoms with Crippen molar-refractivity contribution in [1.82, 2.24) is 29.5 Å². The first-order chi connectivity index (χ1) is 13.6. The maximum absolute atomic E-state index is 6.50. The van der Waals surface area contributed by atoms with Crippen LogP contribution in [0.15, 0.2) is 6.20 Å². The fraction of sp³-hybridized carbons (Fsp3) is 0.471. The van der Waals surface area contributed by atoms with Crippen molar-refractivity contribution in [1.29, 1.82) is 0 Å². The van der Waals surface area contributed by atoms with Crippen LogP contribution in [0.4, 0.5) is 11.8 Å². The van der Waals surface area contributed by atoms with Gasteiger partial charge in [-0.15, -0.1) is 0 Å². The Bertz CT molecular complexity index is 1050. The molecular weight excluding hydrogens is 495 g/mol. The molecule has 0 unspecified atom stereocenters. The molecule has 4 heterocycles. The molecule has 1 aliphatic heterocycles. The summed E-state index contributed by atoms with van der Waals surface area (Å²) in [6.07, 6.45) is 4.10. The van der Waals surface area contributed by atoms with Crippen LogP contribution in [0.2, 0.25) is 5.28 Å². The van der Waals surface area contributed by atoms with E-state index in [1.165, 1.54) is 12.8 Å². The van der Waals surface area contributed by atoms with Gasteiger partial charge in [0.1, 0.15) is 3.70 Å².